The summed E-state index contributed by atoms with van der Waals surface area (Å²) in [7, 11) is 0. The molecule has 0 unspecified atom stereocenters. The second-order valence-electron chi connectivity index (χ2n) is 4.81. The highest BCUT2D eigenvalue weighted by atomic mass is 16.3. The first-order valence-electron chi connectivity index (χ1n) is 5.34. The molecule has 0 aliphatic heterocycles. The molecule has 0 aromatic rings. The van der Waals surface area contributed by atoms with Gasteiger partial charge in [0.25, 0.3) is 0 Å². The van der Waals surface area contributed by atoms with Gasteiger partial charge in [-0.15, -0.1) is 0 Å². The monoisotopic (exact) mass is 176 g/mol. The van der Waals surface area contributed by atoms with Crippen molar-refractivity contribution in [1.29, 1.82) is 0 Å². The van der Waals surface area contributed by atoms with Gasteiger partial charge in [-0.3, -0.25) is 0 Å². The van der Waals surface area contributed by atoms with E-state index in [0.717, 1.165) is 18.3 Å². The summed E-state index contributed by atoms with van der Waals surface area (Å²) < 4.78 is 0. The Bertz CT molecular complexity index is 279. The SMILES string of the molecule is O[C@H]1C=C[C@@H]2CC[C@@H]3C=CC[C@]23C1. The van der Waals surface area contributed by atoms with Crippen molar-refractivity contribution in [2.24, 2.45) is 17.3 Å². The van der Waals surface area contributed by atoms with Crippen LogP contribution >= 0.6 is 0 Å². The van der Waals surface area contributed by atoms with E-state index in [2.05, 4.69) is 18.2 Å². The van der Waals surface area contributed by atoms with Crippen LogP contribution in [0.3, 0.4) is 0 Å². The summed E-state index contributed by atoms with van der Waals surface area (Å²) in [6, 6.07) is 0. The molecule has 3 aliphatic carbocycles. The first-order valence-corrected chi connectivity index (χ1v) is 5.34. The van der Waals surface area contributed by atoms with Crippen LogP contribution in [0.15, 0.2) is 24.3 Å². The van der Waals surface area contributed by atoms with Gasteiger partial charge < -0.3 is 5.11 Å². The lowest BCUT2D eigenvalue weighted by atomic mass is 9.67. The average Bonchev–Trinajstić information content (AvgIpc) is 2.59. The third-order valence-electron chi connectivity index (χ3n) is 4.29. The Hall–Kier alpha value is -0.560. The predicted octanol–water partition coefficient (Wildman–Crippen LogP) is 2.28. The van der Waals surface area contributed by atoms with E-state index in [1.54, 1.807) is 0 Å². The average molecular weight is 176 g/mol. The fourth-order valence-electron chi connectivity index (χ4n) is 3.65. The van der Waals surface area contributed by atoms with Crippen LogP contribution in [0.1, 0.15) is 25.7 Å². The van der Waals surface area contributed by atoms with Crippen LogP contribution in [0.4, 0.5) is 0 Å². The molecule has 0 saturated heterocycles. The highest BCUT2D eigenvalue weighted by Gasteiger charge is 2.51. The van der Waals surface area contributed by atoms with E-state index in [1.807, 2.05) is 6.08 Å². The van der Waals surface area contributed by atoms with Gasteiger partial charge in [-0.25, -0.2) is 0 Å². The molecule has 1 saturated carbocycles. The van der Waals surface area contributed by atoms with Crippen molar-refractivity contribution in [2.75, 3.05) is 0 Å². The molecule has 0 bridgehead atoms. The van der Waals surface area contributed by atoms with Crippen LogP contribution in [-0.2, 0) is 0 Å². The van der Waals surface area contributed by atoms with E-state index in [1.165, 1.54) is 19.3 Å². The summed E-state index contributed by atoms with van der Waals surface area (Å²) in [6.45, 7) is 0. The van der Waals surface area contributed by atoms with Crippen molar-refractivity contribution < 1.29 is 5.11 Å². The Balaban J connectivity index is 1.99. The van der Waals surface area contributed by atoms with Crippen LogP contribution < -0.4 is 0 Å². The van der Waals surface area contributed by atoms with E-state index >= 15 is 0 Å². The molecule has 3 rings (SSSR count). The lowest BCUT2D eigenvalue weighted by molar-refractivity contribution is 0.0859. The van der Waals surface area contributed by atoms with Gasteiger partial charge in [0.2, 0.25) is 0 Å². The molecule has 1 N–H and O–H groups in total. The minimum Gasteiger partial charge on any atom is -0.389 e. The standard InChI is InChI=1S/C12H16O/c13-11-6-5-10-4-3-9-2-1-7-12(9,10)8-11/h1-2,5-6,9-11,13H,3-4,7-8H2/t9-,10-,11-,12+/m0/s1. The molecule has 1 fully saturated rings. The van der Waals surface area contributed by atoms with E-state index in [4.69, 9.17) is 0 Å². The maximum Gasteiger partial charge on any atom is 0.0726 e. The fraction of sp³-hybridized carbons (Fsp3) is 0.667. The largest absolute Gasteiger partial charge is 0.389 e. The molecule has 0 radical (unpaired) electrons. The van der Waals surface area contributed by atoms with E-state index in [9.17, 15) is 5.11 Å². The molecule has 1 spiro atoms. The minimum absolute atomic E-state index is 0.184. The van der Waals surface area contributed by atoms with Gasteiger partial charge in [-0.1, -0.05) is 24.3 Å². The van der Waals surface area contributed by atoms with Gasteiger partial charge in [0.05, 0.1) is 6.10 Å². The van der Waals surface area contributed by atoms with Crippen LogP contribution in [-0.4, -0.2) is 11.2 Å². The van der Waals surface area contributed by atoms with Gasteiger partial charge in [0, 0.05) is 0 Å². The van der Waals surface area contributed by atoms with E-state index in [0.29, 0.717) is 5.41 Å². The lowest BCUT2D eigenvalue weighted by Crippen LogP contribution is -2.34. The third kappa shape index (κ3) is 0.912. The van der Waals surface area contributed by atoms with Crippen molar-refractivity contribution in [1.82, 2.24) is 0 Å². The van der Waals surface area contributed by atoms with Crippen LogP contribution in [0.2, 0.25) is 0 Å². The number of aliphatic hydroxyl groups excluding tert-OH is 1. The zero-order valence-corrected chi connectivity index (χ0v) is 7.82. The smallest absolute Gasteiger partial charge is 0.0726 e. The number of rotatable bonds is 0. The maximum absolute atomic E-state index is 9.68. The summed E-state index contributed by atoms with van der Waals surface area (Å²) in [5.74, 6) is 1.51. The van der Waals surface area contributed by atoms with Crippen LogP contribution in [0.5, 0.6) is 0 Å². The Kier molecular flexibility index (Phi) is 1.49. The molecule has 3 aliphatic rings. The maximum atomic E-state index is 9.68. The number of hydrogen-bond acceptors (Lipinski definition) is 1. The predicted molar refractivity (Wildman–Crippen MR) is 52.2 cm³/mol. The van der Waals surface area contributed by atoms with Crippen molar-refractivity contribution in [3.05, 3.63) is 24.3 Å². The molecule has 1 heteroatoms. The van der Waals surface area contributed by atoms with Gasteiger partial charge in [-0.05, 0) is 42.9 Å². The summed E-state index contributed by atoms with van der Waals surface area (Å²) in [6.07, 6.45) is 13.6. The first kappa shape index (κ1) is 7.81. The molecule has 1 nitrogen and oxygen atoms in total. The van der Waals surface area contributed by atoms with Gasteiger partial charge in [0.15, 0.2) is 0 Å². The van der Waals surface area contributed by atoms with E-state index in [-0.39, 0.29) is 6.10 Å². The highest BCUT2D eigenvalue weighted by Crippen LogP contribution is 2.59. The molecule has 0 aromatic carbocycles. The number of hydrogen-bond donors (Lipinski definition) is 1. The van der Waals surface area contributed by atoms with Crippen molar-refractivity contribution >= 4 is 0 Å². The van der Waals surface area contributed by atoms with Crippen molar-refractivity contribution in [3.63, 3.8) is 0 Å². The summed E-state index contributed by atoms with van der Waals surface area (Å²) in [5.41, 5.74) is 0.425. The summed E-state index contributed by atoms with van der Waals surface area (Å²) >= 11 is 0. The van der Waals surface area contributed by atoms with E-state index < -0.39 is 0 Å². The number of allylic oxidation sites excluding steroid dienone is 3. The molecule has 0 heterocycles. The Morgan fingerprint density at radius 2 is 1.85 bits per heavy atom. The van der Waals surface area contributed by atoms with Crippen LogP contribution in [0.25, 0.3) is 0 Å². The summed E-state index contributed by atoms with van der Waals surface area (Å²) in [5, 5.41) is 9.68. The Morgan fingerprint density at radius 3 is 2.69 bits per heavy atom. The first-order chi connectivity index (χ1) is 6.31. The quantitative estimate of drug-likeness (QED) is 0.561. The molecule has 70 valence electrons. The fourth-order valence-corrected chi connectivity index (χ4v) is 3.65. The van der Waals surface area contributed by atoms with Gasteiger partial charge in [-0.2, -0.15) is 0 Å². The highest BCUT2D eigenvalue weighted by molar-refractivity contribution is 5.22. The third-order valence-corrected chi connectivity index (χ3v) is 4.29. The van der Waals surface area contributed by atoms with Crippen molar-refractivity contribution in [2.45, 2.75) is 31.8 Å². The second-order valence-corrected chi connectivity index (χ2v) is 4.81. The topological polar surface area (TPSA) is 20.2 Å². The molecule has 0 amide bonds. The Morgan fingerprint density at radius 1 is 1.08 bits per heavy atom. The normalized spacial score (nSPS) is 52.2. The zero-order chi connectivity index (χ0) is 8.89. The van der Waals surface area contributed by atoms with Gasteiger partial charge >= 0.3 is 0 Å². The molecule has 13 heavy (non-hydrogen) atoms. The molecule has 0 aromatic heterocycles. The van der Waals surface area contributed by atoms with Crippen molar-refractivity contribution in [3.8, 4) is 0 Å². The van der Waals surface area contributed by atoms with Gasteiger partial charge in [0.1, 0.15) is 0 Å². The number of aliphatic hydroxyl groups is 1. The lowest BCUT2D eigenvalue weighted by Gasteiger charge is -2.38. The molecular weight excluding hydrogens is 160 g/mol. The summed E-state index contributed by atoms with van der Waals surface area (Å²) in [4.78, 5) is 0. The van der Waals surface area contributed by atoms with Crippen LogP contribution in [0, 0.1) is 17.3 Å². The minimum atomic E-state index is -0.184. The second kappa shape index (κ2) is 2.48. The zero-order valence-electron chi connectivity index (χ0n) is 7.82. The molecular formula is C12H16O. The molecule has 4 atom stereocenters. The Labute approximate surface area is 79.2 Å².